The zero-order valence-corrected chi connectivity index (χ0v) is 15.1. The molecule has 1 aliphatic heterocycles. The maximum Gasteiger partial charge on any atom is 0.0140 e. The zero-order valence-electron chi connectivity index (χ0n) is 15.1. The van der Waals surface area contributed by atoms with Crippen LogP contribution in [0.5, 0.6) is 0 Å². The standard InChI is InChI=1S/C17H38N4/c1-14-12-17(5,6)21-11-10-19-15(2)13-16(3,4)20-9-7-8-18-14/h14-15,18-21H,7-13H2,1-6H3/t14-,15+/m1/s1. The Bertz CT molecular complexity index is 289. The van der Waals surface area contributed by atoms with E-state index >= 15 is 0 Å². The summed E-state index contributed by atoms with van der Waals surface area (Å²) in [6.07, 6.45) is 3.49. The molecule has 0 amide bonds. The first kappa shape index (κ1) is 18.9. The molecule has 2 atom stereocenters. The molecular weight excluding hydrogens is 260 g/mol. The fourth-order valence-electron chi connectivity index (χ4n) is 3.40. The maximum absolute atomic E-state index is 3.69. The van der Waals surface area contributed by atoms with Crippen LogP contribution in [0.3, 0.4) is 0 Å². The molecule has 1 heterocycles. The molecule has 0 unspecified atom stereocenters. The minimum absolute atomic E-state index is 0.190. The van der Waals surface area contributed by atoms with Gasteiger partial charge in [-0.15, -0.1) is 0 Å². The molecule has 4 heteroatoms. The molecular formula is C17H38N4. The largest absolute Gasteiger partial charge is 0.314 e. The highest BCUT2D eigenvalue weighted by atomic mass is 15.0. The first-order valence-electron chi connectivity index (χ1n) is 8.67. The first-order valence-corrected chi connectivity index (χ1v) is 8.67. The number of hydrogen-bond donors (Lipinski definition) is 4. The van der Waals surface area contributed by atoms with Crippen LogP contribution in [0.2, 0.25) is 0 Å². The van der Waals surface area contributed by atoms with E-state index in [1.165, 1.54) is 6.42 Å². The molecule has 0 spiro atoms. The van der Waals surface area contributed by atoms with Gasteiger partial charge in [0.2, 0.25) is 0 Å². The summed E-state index contributed by atoms with van der Waals surface area (Å²) in [7, 11) is 0. The summed E-state index contributed by atoms with van der Waals surface area (Å²) in [5, 5.41) is 14.7. The molecule has 1 aliphatic rings. The molecule has 0 aromatic carbocycles. The van der Waals surface area contributed by atoms with Crippen molar-refractivity contribution in [1.82, 2.24) is 21.3 Å². The molecule has 0 radical (unpaired) electrons. The Morgan fingerprint density at radius 2 is 1.14 bits per heavy atom. The summed E-state index contributed by atoms with van der Waals surface area (Å²) in [5.74, 6) is 0. The van der Waals surface area contributed by atoms with Gasteiger partial charge in [0.25, 0.3) is 0 Å². The van der Waals surface area contributed by atoms with Gasteiger partial charge in [-0.25, -0.2) is 0 Å². The van der Waals surface area contributed by atoms with Crippen molar-refractivity contribution in [2.75, 3.05) is 26.2 Å². The van der Waals surface area contributed by atoms with Crippen molar-refractivity contribution >= 4 is 0 Å². The van der Waals surface area contributed by atoms with Crippen LogP contribution in [0.15, 0.2) is 0 Å². The van der Waals surface area contributed by atoms with Gasteiger partial charge >= 0.3 is 0 Å². The highest BCUT2D eigenvalue weighted by molar-refractivity contribution is 4.85. The molecule has 0 aromatic rings. The molecule has 1 fully saturated rings. The quantitative estimate of drug-likeness (QED) is 0.551. The number of hydrogen-bond acceptors (Lipinski definition) is 4. The number of rotatable bonds is 0. The van der Waals surface area contributed by atoms with Crippen molar-refractivity contribution in [3.05, 3.63) is 0 Å². The molecule has 126 valence electrons. The van der Waals surface area contributed by atoms with E-state index in [1.807, 2.05) is 0 Å². The van der Waals surface area contributed by atoms with Gasteiger partial charge in [0.1, 0.15) is 0 Å². The van der Waals surface area contributed by atoms with Crippen molar-refractivity contribution in [2.24, 2.45) is 0 Å². The van der Waals surface area contributed by atoms with Gasteiger partial charge in [0.15, 0.2) is 0 Å². The average Bonchev–Trinajstić information content (AvgIpc) is 2.32. The number of nitrogens with one attached hydrogen (secondary N) is 4. The summed E-state index contributed by atoms with van der Waals surface area (Å²) in [5.41, 5.74) is 0.389. The van der Waals surface area contributed by atoms with Gasteiger partial charge in [-0.3, -0.25) is 0 Å². The summed E-state index contributed by atoms with van der Waals surface area (Å²) in [6.45, 7) is 18.0. The highest BCUT2D eigenvalue weighted by Crippen LogP contribution is 2.13. The topological polar surface area (TPSA) is 48.1 Å². The van der Waals surface area contributed by atoms with E-state index < -0.39 is 0 Å². The minimum atomic E-state index is 0.190. The van der Waals surface area contributed by atoms with Crippen LogP contribution in [-0.2, 0) is 0 Å². The Morgan fingerprint density at radius 3 is 1.71 bits per heavy atom. The fraction of sp³-hybridized carbons (Fsp3) is 1.00. The molecule has 21 heavy (non-hydrogen) atoms. The van der Waals surface area contributed by atoms with Gasteiger partial charge in [-0.05, 0) is 73.9 Å². The molecule has 1 rings (SSSR count). The van der Waals surface area contributed by atoms with Gasteiger partial charge in [-0.2, -0.15) is 0 Å². The van der Waals surface area contributed by atoms with Gasteiger partial charge in [-0.1, -0.05) is 0 Å². The van der Waals surface area contributed by atoms with Crippen molar-refractivity contribution < 1.29 is 0 Å². The smallest absolute Gasteiger partial charge is 0.0140 e. The summed E-state index contributed by atoms with van der Waals surface area (Å²) in [6, 6.07) is 1.09. The van der Waals surface area contributed by atoms with E-state index in [0.29, 0.717) is 12.1 Å². The third-order valence-corrected chi connectivity index (χ3v) is 4.30. The Labute approximate surface area is 132 Å². The van der Waals surface area contributed by atoms with Crippen LogP contribution < -0.4 is 21.3 Å². The van der Waals surface area contributed by atoms with E-state index in [2.05, 4.69) is 62.8 Å². The fourth-order valence-corrected chi connectivity index (χ4v) is 3.40. The molecule has 0 aromatic heterocycles. The summed E-state index contributed by atoms with van der Waals surface area (Å²) in [4.78, 5) is 0. The van der Waals surface area contributed by atoms with Crippen molar-refractivity contribution in [1.29, 1.82) is 0 Å². The van der Waals surface area contributed by atoms with Gasteiger partial charge in [0.05, 0.1) is 0 Å². The Morgan fingerprint density at radius 1 is 0.667 bits per heavy atom. The maximum atomic E-state index is 3.69. The molecule has 4 nitrogen and oxygen atoms in total. The minimum Gasteiger partial charge on any atom is -0.314 e. The van der Waals surface area contributed by atoms with Crippen LogP contribution in [0, 0.1) is 0 Å². The second-order valence-electron chi connectivity index (χ2n) is 8.09. The predicted octanol–water partition coefficient (Wildman–Crippen LogP) is 1.86. The normalized spacial score (nSPS) is 32.9. The lowest BCUT2D eigenvalue weighted by Gasteiger charge is -2.31. The summed E-state index contributed by atoms with van der Waals surface area (Å²) < 4.78 is 0. The molecule has 0 aliphatic carbocycles. The van der Waals surface area contributed by atoms with Crippen LogP contribution in [0.25, 0.3) is 0 Å². The van der Waals surface area contributed by atoms with E-state index in [-0.39, 0.29) is 11.1 Å². The Kier molecular flexibility index (Phi) is 7.62. The van der Waals surface area contributed by atoms with Crippen molar-refractivity contribution in [3.8, 4) is 0 Å². The Hall–Kier alpha value is -0.160. The third-order valence-electron chi connectivity index (χ3n) is 4.30. The molecule has 1 saturated heterocycles. The third kappa shape index (κ3) is 8.77. The Balaban J connectivity index is 2.55. The monoisotopic (exact) mass is 298 g/mol. The van der Waals surface area contributed by atoms with E-state index in [9.17, 15) is 0 Å². The summed E-state index contributed by atoms with van der Waals surface area (Å²) >= 11 is 0. The van der Waals surface area contributed by atoms with Gasteiger partial charge in [0, 0.05) is 36.3 Å². The molecule has 0 saturated carbocycles. The zero-order chi connectivity index (χ0) is 15.9. The van der Waals surface area contributed by atoms with Crippen LogP contribution in [0.4, 0.5) is 0 Å². The highest BCUT2D eigenvalue weighted by Gasteiger charge is 2.22. The second-order valence-corrected chi connectivity index (χ2v) is 8.09. The second kappa shape index (κ2) is 8.47. The molecule has 0 bridgehead atoms. The lowest BCUT2D eigenvalue weighted by Crippen LogP contribution is -2.48. The lowest BCUT2D eigenvalue weighted by atomic mass is 9.95. The van der Waals surface area contributed by atoms with Crippen molar-refractivity contribution in [3.63, 3.8) is 0 Å². The first-order chi connectivity index (χ1) is 9.70. The van der Waals surface area contributed by atoms with Crippen LogP contribution in [0.1, 0.15) is 60.8 Å². The SMILES string of the molecule is C[C@@H]1CC(C)(C)NCCN[C@@H](C)CC(C)(C)NCCCN1. The average molecular weight is 299 g/mol. The predicted molar refractivity (Wildman–Crippen MR) is 92.9 cm³/mol. The van der Waals surface area contributed by atoms with Gasteiger partial charge < -0.3 is 21.3 Å². The van der Waals surface area contributed by atoms with Crippen LogP contribution >= 0.6 is 0 Å². The lowest BCUT2D eigenvalue weighted by molar-refractivity contribution is 0.309. The van der Waals surface area contributed by atoms with E-state index in [0.717, 1.165) is 39.0 Å². The van der Waals surface area contributed by atoms with Crippen LogP contribution in [-0.4, -0.2) is 49.3 Å². The van der Waals surface area contributed by atoms with Crippen molar-refractivity contribution in [2.45, 2.75) is 84.0 Å². The van der Waals surface area contributed by atoms with E-state index in [1.54, 1.807) is 0 Å². The molecule has 4 N–H and O–H groups in total. The van der Waals surface area contributed by atoms with E-state index in [4.69, 9.17) is 0 Å².